The number of fused-ring (bicyclic) bond motifs is 2. The van der Waals surface area contributed by atoms with Crippen molar-refractivity contribution in [1.82, 2.24) is 0 Å². The fourth-order valence-corrected chi connectivity index (χ4v) is 3.67. The van der Waals surface area contributed by atoms with Crippen LogP contribution in [0.2, 0.25) is 0 Å². The molecule has 1 saturated carbocycles. The molecule has 0 heterocycles. The third-order valence-corrected chi connectivity index (χ3v) is 4.89. The molecule has 0 amide bonds. The molecule has 0 aromatic rings. The summed E-state index contributed by atoms with van der Waals surface area (Å²) < 4.78 is 0. The maximum atomic E-state index is 2.42. The van der Waals surface area contributed by atoms with E-state index in [2.05, 4.69) is 6.92 Å². The number of rotatable bonds is 0. The van der Waals surface area contributed by atoms with Crippen molar-refractivity contribution in [2.75, 3.05) is 0 Å². The van der Waals surface area contributed by atoms with Crippen molar-refractivity contribution < 1.29 is 0 Å². The molecule has 1 fully saturated rings. The Morgan fingerprint density at radius 3 is 2.12 bits per heavy atom. The summed E-state index contributed by atoms with van der Waals surface area (Å²) in [5.74, 6) is 1.03. The molecule has 0 aromatic carbocycles. The zero-order chi connectivity index (χ0) is 11.9. The molecule has 0 saturated heterocycles. The third-order valence-electron chi connectivity index (χ3n) is 4.89. The number of allylic oxidation sites excluding steroid dienone is 2. The molecule has 2 rings (SSSR count). The summed E-state index contributed by atoms with van der Waals surface area (Å²) in [7, 11) is 0. The largest absolute Gasteiger partial charge is 0.0741 e. The van der Waals surface area contributed by atoms with E-state index in [4.69, 9.17) is 0 Å². The third kappa shape index (κ3) is 4.48. The van der Waals surface area contributed by atoms with Crippen molar-refractivity contribution >= 4 is 0 Å². The molecule has 2 bridgehead atoms. The Balaban J connectivity index is 2.05. The summed E-state index contributed by atoms with van der Waals surface area (Å²) in [5.41, 5.74) is 3.62. The van der Waals surface area contributed by atoms with Crippen molar-refractivity contribution in [1.29, 1.82) is 0 Å². The van der Waals surface area contributed by atoms with E-state index in [1.807, 2.05) is 5.57 Å². The predicted octanol–water partition coefficient (Wildman–Crippen LogP) is 6.02. The highest BCUT2D eigenvalue weighted by molar-refractivity contribution is 5.13. The number of hydrogen-bond donors (Lipinski definition) is 0. The van der Waals surface area contributed by atoms with Crippen LogP contribution in [0.3, 0.4) is 0 Å². The molecule has 0 aliphatic heterocycles. The molecule has 0 radical (unpaired) electrons. The van der Waals surface area contributed by atoms with Gasteiger partial charge >= 0.3 is 0 Å². The van der Waals surface area contributed by atoms with Crippen molar-refractivity contribution in [2.45, 2.75) is 90.4 Å². The Hall–Kier alpha value is -0.260. The van der Waals surface area contributed by atoms with Gasteiger partial charge in [-0.15, -0.1) is 0 Å². The van der Waals surface area contributed by atoms with Crippen LogP contribution in [-0.4, -0.2) is 0 Å². The van der Waals surface area contributed by atoms with Gasteiger partial charge in [-0.3, -0.25) is 0 Å². The molecule has 0 heteroatoms. The monoisotopic (exact) mass is 234 g/mol. The maximum Gasteiger partial charge on any atom is -0.0289 e. The lowest BCUT2D eigenvalue weighted by atomic mass is 9.83. The first-order valence-electron chi connectivity index (χ1n) is 8.04. The highest BCUT2D eigenvalue weighted by Crippen LogP contribution is 2.33. The van der Waals surface area contributed by atoms with Gasteiger partial charge in [-0.2, -0.15) is 0 Å². The van der Waals surface area contributed by atoms with Crippen molar-refractivity contribution in [3.63, 3.8) is 0 Å². The van der Waals surface area contributed by atoms with Crippen LogP contribution in [-0.2, 0) is 0 Å². The van der Waals surface area contributed by atoms with E-state index in [1.165, 1.54) is 83.5 Å². The molecule has 0 spiro atoms. The Labute approximate surface area is 108 Å². The van der Waals surface area contributed by atoms with E-state index >= 15 is 0 Å². The molecule has 0 aromatic heterocycles. The van der Waals surface area contributed by atoms with E-state index in [0.717, 1.165) is 5.92 Å². The normalized spacial score (nSPS) is 29.1. The Kier molecular flexibility index (Phi) is 5.61. The zero-order valence-corrected chi connectivity index (χ0v) is 11.8. The van der Waals surface area contributed by atoms with Gasteiger partial charge < -0.3 is 0 Å². The van der Waals surface area contributed by atoms with Gasteiger partial charge in [0.25, 0.3) is 0 Å². The van der Waals surface area contributed by atoms with Gasteiger partial charge in [-0.25, -0.2) is 0 Å². The quantitative estimate of drug-likeness (QED) is 0.450. The van der Waals surface area contributed by atoms with E-state index in [1.54, 1.807) is 5.57 Å². The van der Waals surface area contributed by atoms with Crippen LogP contribution >= 0.6 is 0 Å². The average Bonchev–Trinajstić information content (AvgIpc) is 2.32. The molecular formula is C17H30. The smallest absolute Gasteiger partial charge is 0.0289 e. The Morgan fingerprint density at radius 2 is 1.29 bits per heavy atom. The van der Waals surface area contributed by atoms with Crippen molar-refractivity contribution in [3.05, 3.63) is 11.1 Å². The van der Waals surface area contributed by atoms with Crippen LogP contribution in [0.15, 0.2) is 11.1 Å². The number of hydrogen-bond acceptors (Lipinski definition) is 0. The minimum absolute atomic E-state index is 1.03. The van der Waals surface area contributed by atoms with E-state index < -0.39 is 0 Å². The standard InChI is InChI=1S/C17H30/c1-15-10-6-3-2-4-7-11-16-12-8-5-9-13-17(15)14-16/h16H,2-14H2,1H3. The molecule has 0 nitrogen and oxygen atoms in total. The van der Waals surface area contributed by atoms with Gasteiger partial charge in [0, 0.05) is 0 Å². The first kappa shape index (κ1) is 13.2. The Morgan fingerprint density at radius 1 is 0.706 bits per heavy atom. The molecule has 0 N–H and O–H groups in total. The van der Waals surface area contributed by atoms with Gasteiger partial charge in [0.05, 0.1) is 0 Å². The van der Waals surface area contributed by atoms with Gasteiger partial charge in [0.15, 0.2) is 0 Å². The van der Waals surface area contributed by atoms with Gasteiger partial charge in [-0.05, 0) is 44.9 Å². The highest BCUT2D eigenvalue weighted by Gasteiger charge is 2.16. The summed E-state index contributed by atoms with van der Waals surface area (Å²) in [5, 5.41) is 0. The molecular weight excluding hydrogens is 204 g/mol. The SMILES string of the molecule is CC1=C2CCCCCC(CCCCCCC1)C2. The van der Waals surface area contributed by atoms with Gasteiger partial charge in [0.1, 0.15) is 0 Å². The summed E-state index contributed by atoms with van der Waals surface area (Å²) in [6.07, 6.45) is 19.1. The summed E-state index contributed by atoms with van der Waals surface area (Å²) in [6, 6.07) is 0. The van der Waals surface area contributed by atoms with Gasteiger partial charge in [0.2, 0.25) is 0 Å². The zero-order valence-electron chi connectivity index (χ0n) is 11.8. The van der Waals surface area contributed by atoms with Gasteiger partial charge in [-0.1, -0.05) is 62.5 Å². The molecule has 1 atom stereocenters. The lowest BCUT2D eigenvalue weighted by molar-refractivity contribution is 0.384. The summed E-state index contributed by atoms with van der Waals surface area (Å²) >= 11 is 0. The van der Waals surface area contributed by atoms with Crippen LogP contribution in [0.4, 0.5) is 0 Å². The van der Waals surface area contributed by atoms with Crippen LogP contribution < -0.4 is 0 Å². The van der Waals surface area contributed by atoms with Crippen LogP contribution in [0.5, 0.6) is 0 Å². The van der Waals surface area contributed by atoms with Crippen molar-refractivity contribution in [3.8, 4) is 0 Å². The fourth-order valence-electron chi connectivity index (χ4n) is 3.67. The second-order valence-corrected chi connectivity index (χ2v) is 6.36. The molecule has 2 aliphatic carbocycles. The van der Waals surface area contributed by atoms with Crippen molar-refractivity contribution in [2.24, 2.45) is 5.92 Å². The molecule has 98 valence electrons. The van der Waals surface area contributed by atoms with E-state index in [0.29, 0.717) is 0 Å². The summed E-state index contributed by atoms with van der Waals surface area (Å²) in [6.45, 7) is 2.42. The lowest BCUT2D eigenvalue weighted by Gasteiger charge is -2.23. The minimum Gasteiger partial charge on any atom is -0.0741 e. The molecule has 2 aliphatic rings. The first-order chi connectivity index (χ1) is 8.36. The van der Waals surface area contributed by atoms with Crippen LogP contribution in [0.1, 0.15) is 90.4 Å². The van der Waals surface area contributed by atoms with E-state index in [9.17, 15) is 0 Å². The fraction of sp³-hybridized carbons (Fsp3) is 0.882. The molecule has 17 heavy (non-hydrogen) atoms. The lowest BCUT2D eigenvalue weighted by Crippen LogP contribution is -2.07. The minimum atomic E-state index is 1.03. The topological polar surface area (TPSA) is 0 Å². The Bertz CT molecular complexity index is 249. The average molecular weight is 234 g/mol. The van der Waals surface area contributed by atoms with Crippen LogP contribution in [0.25, 0.3) is 0 Å². The predicted molar refractivity (Wildman–Crippen MR) is 76.2 cm³/mol. The second kappa shape index (κ2) is 7.24. The van der Waals surface area contributed by atoms with Crippen LogP contribution in [0, 0.1) is 5.92 Å². The summed E-state index contributed by atoms with van der Waals surface area (Å²) in [4.78, 5) is 0. The highest BCUT2D eigenvalue weighted by atomic mass is 14.2. The maximum absolute atomic E-state index is 2.42. The molecule has 1 unspecified atom stereocenters. The second-order valence-electron chi connectivity index (χ2n) is 6.36. The first-order valence-corrected chi connectivity index (χ1v) is 8.04. The van der Waals surface area contributed by atoms with E-state index in [-0.39, 0.29) is 0 Å².